The van der Waals surface area contributed by atoms with Crippen LogP contribution in [0.5, 0.6) is 0 Å². The van der Waals surface area contributed by atoms with Crippen molar-refractivity contribution in [3.05, 3.63) is 5.82 Å². The normalized spacial score (nSPS) is 23.5. The number of anilines is 1. The van der Waals surface area contributed by atoms with Gasteiger partial charge in [0.15, 0.2) is 5.82 Å². The Labute approximate surface area is 87.4 Å². The van der Waals surface area contributed by atoms with Crippen molar-refractivity contribution < 1.29 is 9.32 Å². The topological polar surface area (TPSA) is 59.2 Å². The molecule has 15 heavy (non-hydrogen) atoms. The molecule has 5 heteroatoms. The van der Waals surface area contributed by atoms with Crippen molar-refractivity contribution in [1.29, 1.82) is 0 Å². The lowest BCUT2D eigenvalue weighted by Crippen LogP contribution is -2.40. The summed E-state index contributed by atoms with van der Waals surface area (Å²) in [5, 5.41) is 3.77. The van der Waals surface area contributed by atoms with Crippen molar-refractivity contribution in [1.82, 2.24) is 10.1 Å². The van der Waals surface area contributed by atoms with Gasteiger partial charge >= 0.3 is 6.01 Å². The summed E-state index contributed by atoms with van der Waals surface area (Å²) in [6.07, 6.45) is 2.54. The Morgan fingerprint density at radius 3 is 2.87 bits per heavy atom. The van der Waals surface area contributed by atoms with Crippen LogP contribution in [0.1, 0.15) is 25.1 Å². The lowest BCUT2D eigenvalue weighted by molar-refractivity contribution is -0.131. The van der Waals surface area contributed by atoms with E-state index >= 15 is 0 Å². The van der Waals surface area contributed by atoms with Gasteiger partial charge in [0.05, 0.1) is 0 Å². The van der Waals surface area contributed by atoms with Gasteiger partial charge < -0.3 is 9.42 Å². The summed E-state index contributed by atoms with van der Waals surface area (Å²) in [6.45, 7) is 3.63. The van der Waals surface area contributed by atoms with Crippen molar-refractivity contribution in [2.45, 2.75) is 26.2 Å². The third kappa shape index (κ3) is 1.33. The number of aryl methyl sites for hydroxylation is 1. The van der Waals surface area contributed by atoms with Crippen LogP contribution in [0.25, 0.3) is 0 Å². The van der Waals surface area contributed by atoms with Gasteiger partial charge in [-0.15, -0.1) is 0 Å². The first-order valence-corrected chi connectivity index (χ1v) is 5.24. The summed E-state index contributed by atoms with van der Waals surface area (Å²) < 4.78 is 5.12. The van der Waals surface area contributed by atoms with Gasteiger partial charge in [0.25, 0.3) is 0 Å². The minimum absolute atomic E-state index is 0.222. The fraction of sp³-hybridized carbons (Fsp3) is 0.700. The van der Waals surface area contributed by atoms with Crippen LogP contribution in [0.3, 0.4) is 0 Å². The molecule has 0 unspecified atom stereocenters. The van der Waals surface area contributed by atoms with Crippen LogP contribution in [0.4, 0.5) is 6.01 Å². The smallest absolute Gasteiger partial charge is 0.324 e. The first-order valence-electron chi connectivity index (χ1n) is 5.24. The minimum Gasteiger partial charge on any atom is -0.324 e. The highest BCUT2D eigenvalue weighted by Crippen LogP contribution is 2.46. The second-order valence-electron chi connectivity index (χ2n) is 4.69. The van der Waals surface area contributed by atoms with E-state index in [2.05, 4.69) is 15.0 Å². The molecule has 1 aliphatic heterocycles. The maximum absolute atomic E-state index is 11.0. The fourth-order valence-electron chi connectivity index (χ4n) is 2.59. The summed E-state index contributed by atoms with van der Waals surface area (Å²) in [5.74, 6) is 1.05. The Balaban J connectivity index is 1.74. The van der Waals surface area contributed by atoms with Crippen molar-refractivity contribution in [3.63, 3.8) is 0 Å². The van der Waals surface area contributed by atoms with Crippen LogP contribution < -0.4 is 4.90 Å². The van der Waals surface area contributed by atoms with Gasteiger partial charge in [0.2, 0.25) is 0 Å². The van der Waals surface area contributed by atoms with Gasteiger partial charge in [-0.1, -0.05) is 5.16 Å². The van der Waals surface area contributed by atoms with E-state index in [4.69, 9.17) is 4.52 Å². The molecule has 2 fully saturated rings. The van der Waals surface area contributed by atoms with E-state index in [1.165, 1.54) is 0 Å². The van der Waals surface area contributed by atoms with E-state index in [-0.39, 0.29) is 5.41 Å². The highest BCUT2D eigenvalue weighted by molar-refractivity contribution is 5.86. The number of carbonyl (C=O) groups is 1. The largest absolute Gasteiger partial charge is 0.324 e. The first kappa shape index (κ1) is 8.88. The van der Waals surface area contributed by atoms with Crippen molar-refractivity contribution in [2.24, 2.45) is 5.41 Å². The van der Waals surface area contributed by atoms with Crippen LogP contribution in [0, 0.1) is 12.3 Å². The molecule has 0 aromatic carbocycles. The average Bonchev–Trinajstić information content (AvgIpc) is 2.71. The fourth-order valence-corrected chi connectivity index (χ4v) is 2.59. The number of aromatic nitrogens is 2. The molecule has 1 aromatic heterocycles. The van der Waals surface area contributed by atoms with Gasteiger partial charge in [-0.25, -0.2) is 0 Å². The zero-order valence-corrected chi connectivity index (χ0v) is 8.69. The van der Waals surface area contributed by atoms with Crippen molar-refractivity contribution >= 4 is 11.8 Å². The summed E-state index contributed by atoms with van der Waals surface area (Å²) >= 11 is 0. The monoisotopic (exact) mass is 207 g/mol. The molecule has 1 aromatic rings. The van der Waals surface area contributed by atoms with Crippen LogP contribution in [-0.4, -0.2) is 29.0 Å². The van der Waals surface area contributed by atoms with E-state index in [1.54, 1.807) is 0 Å². The quantitative estimate of drug-likeness (QED) is 0.685. The molecule has 3 rings (SSSR count). The summed E-state index contributed by atoms with van der Waals surface area (Å²) in [7, 11) is 0. The molecule has 1 saturated carbocycles. The average molecular weight is 207 g/mol. The Hall–Kier alpha value is -1.39. The molecule has 0 atom stereocenters. The molecular weight excluding hydrogens is 194 g/mol. The lowest BCUT2D eigenvalue weighted by atomic mass is 9.67. The van der Waals surface area contributed by atoms with Gasteiger partial charge in [-0.05, 0) is 13.3 Å². The van der Waals surface area contributed by atoms with Gasteiger partial charge in [0.1, 0.15) is 5.78 Å². The molecule has 80 valence electrons. The number of carbonyl (C=O) groups excluding carboxylic acids is 1. The van der Waals surface area contributed by atoms with Crippen molar-refractivity contribution in [2.75, 3.05) is 18.0 Å². The molecular formula is C10H13N3O2. The van der Waals surface area contributed by atoms with Crippen LogP contribution in [0.15, 0.2) is 4.52 Å². The number of Topliss-reactive ketones (excluding diaryl/α,β-unsaturated/α-hetero) is 1. The maximum Gasteiger partial charge on any atom is 0.324 e. The molecule has 2 heterocycles. The van der Waals surface area contributed by atoms with E-state index in [0.29, 0.717) is 17.6 Å². The van der Waals surface area contributed by atoms with Crippen LogP contribution in [-0.2, 0) is 4.79 Å². The zero-order chi connectivity index (χ0) is 10.5. The maximum atomic E-state index is 11.0. The van der Waals surface area contributed by atoms with Gasteiger partial charge in [-0.3, -0.25) is 4.79 Å². The van der Waals surface area contributed by atoms with Gasteiger partial charge in [-0.2, -0.15) is 4.98 Å². The summed E-state index contributed by atoms with van der Waals surface area (Å²) in [4.78, 5) is 17.3. The third-order valence-corrected chi connectivity index (χ3v) is 3.37. The summed E-state index contributed by atoms with van der Waals surface area (Å²) in [6, 6.07) is 0.601. The number of hydrogen-bond acceptors (Lipinski definition) is 5. The third-order valence-electron chi connectivity index (χ3n) is 3.37. The van der Waals surface area contributed by atoms with E-state index < -0.39 is 0 Å². The first-order chi connectivity index (χ1) is 7.17. The molecule has 1 saturated heterocycles. The highest BCUT2D eigenvalue weighted by atomic mass is 16.5. The predicted octanol–water partition coefficient (Wildman–Crippen LogP) is 0.937. The lowest BCUT2D eigenvalue weighted by Gasteiger charge is -2.36. The molecule has 1 spiro atoms. The number of ketones is 1. The SMILES string of the molecule is Cc1noc(N2CCC3(CC(=O)C3)C2)n1. The molecule has 0 N–H and O–H groups in total. The molecule has 1 aliphatic carbocycles. The van der Waals surface area contributed by atoms with E-state index in [0.717, 1.165) is 32.4 Å². The zero-order valence-electron chi connectivity index (χ0n) is 8.69. The molecule has 0 radical (unpaired) electrons. The number of rotatable bonds is 1. The molecule has 5 nitrogen and oxygen atoms in total. The Kier molecular flexibility index (Phi) is 1.66. The van der Waals surface area contributed by atoms with Crippen LogP contribution in [0.2, 0.25) is 0 Å². The van der Waals surface area contributed by atoms with E-state index in [9.17, 15) is 4.79 Å². The van der Waals surface area contributed by atoms with Gasteiger partial charge in [0, 0.05) is 31.3 Å². The second-order valence-corrected chi connectivity index (χ2v) is 4.69. The van der Waals surface area contributed by atoms with Crippen molar-refractivity contribution in [3.8, 4) is 0 Å². The molecule has 2 aliphatic rings. The Bertz CT molecular complexity index is 405. The summed E-state index contributed by atoms with van der Waals surface area (Å²) in [5.41, 5.74) is 0.222. The number of hydrogen-bond donors (Lipinski definition) is 0. The van der Waals surface area contributed by atoms with Crippen LogP contribution >= 0.6 is 0 Å². The second kappa shape index (κ2) is 2.81. The van der Waals surface area contributed by atoms with E-state index in [1.807, 2.05) is 6.92 Å². The Morgan fingerprint density at radius 1 is 1.47 bits per heavy atom. The molecule has 0 bridgehead atoms. The predicted molar refractivity (Wildman–Crippen MR) is 52.5 cm³/mol. The molecule has 0 amide bonds. The number of nitrogens with zero attached hydrogens (tertiary/aromatic N) is 3. The Morgan fingerprint density at radius 2 is 2.27 bits per heavy atom. The highest BCUT2D eigenvalue weighted by Gasteiger charge is 2.48. The minimum atomic E-state index is 0.222. The standard InChI is InChI=1S/C10H13N3O2/c1-7-11-9(15-12-7)13-3-2-10(6-13)4-8(14)5-10/h2-6H2,1H3.